The lowest BCUT2D eigenvalue weighted by Crippen LogP contribution is -2.44. The van der Waals surface area contributed by atoms with Crippen molar-refractivity contribution in [2.75, 3.05) is 23.7 Å². The third-order valence-corrected chi connectivity index (χ3v) is 7.47. The van der Waals surface area contributed by atoms with Crippen LogP contribution >= 0.6 is 0 Å². The summed E-state index contributed by atoms with van der Waals surface area (Å²) in [7, 11) is -3.19. The minimum Gasteiger partial charge on any atom is -0.371 e. The Balaban J connectivity index is 1.31. The van der Waals surface area contributed by atoms with E-state index in [2.05, 4.69) is 20.2 Å². The van der Waals surface area contributed by atoms with E-state index in [4.69, 9.17) is 0 Å². The van der Waals surface area contributed by atoms with Crippen LogP contribution in [0.15, 0.2) is 71.9 Å². The molecule has 0 saturated carbocycles. The number of sulfone groups is 1. The molecule has 32 heavy (non-hydrogen) atoms. The number of carbonyl (C=O) groups is 1. The lowest BCUT2D eigenvalue weighted by Gasteiger charge is -2.34. The van der Waals surface area contributed by atoms with Crippen LogP contribution < -0.4 is 10.2 Å². The van der Waals surface area contributed by atoms with Crippen molar-refractivity contribution < 1.29 is 13.2 Å². The van der Waals surface area contributed by atoms with Gasteiger partial charge >= 0.3 is 0 Å². The number of hydrogen-bond acceptors (Lipinski definition) is 6. The molecular weight excluding hydrogens is 424 g/mol. The van der Waals surface area contributed by atoms with E-state index in [0.717, 1.165) is 37.2 Å². The number of carbonyl (C=O) groups excluding carboxylic acids is 1. The third kappa shape index (κ3) is 4.96. The highest BCUT2D eigenvalue weighted by Gasteiger charge is 2.22. The first-order valence-electron chi connectivity index (χ1n) is 10.7. The van der Waals surface area contributed by atoms with E-state index < -0.39 is 9.84 Å². The summed E-state index contributed by atoms with van der Waals surface area (Å²) in [6, 6.07) is 16.8. The molecular formula is C24H26N4O3S. The Morgan fingerprint density at radius 3 is 2.22 bits per heavy atom. The molecule has 4 rings (SSSR count). The van der Waals surface area contributed by atoms with Crippen LogP contribution in [0, 0.1) is 0 Å². The molecule has 2 heterocycles. The van der Waals surface area contributed by atoms with Crippen molar-refractivity contribution in [3.05, 3.63) is 72.6 Å². The zero-order valence-electron chi connectivity index (χ0n) is 17.9. The summed E-state index contributed by atoms with van der Waals surface area (Å²) in [5.41, 5.74) is 2.35. The summed E-state index contributed by atoms with van der Waals surface area (Å²) < 4.78 is 24.0. The molecule has 0 atom stereocenters. The van der Waals surface area contributed by atoms with E-state index >= 15 is 0 Å². The maximum absolute atomic E-state index is 12.6. The van der Waals surface area contributed by atoms with Crippen LogP contribution in [0.2, 0.25) is 0 Å². The molecule has 1 fully saturated rings. The minimum absolute atomic E-state index is 0.0762. The van der Waals surface area contributed by atoms with Gasteiger partial charge in [0.25, 0.3) is 5.91 Å². The van der Waals surface area contributed by atoms with Crippen molar-refractivity contribution in [2.45, 2.75) is 30.7 Å². The van der Waals surface area contributed by atoms with Gasteiger partial charge in [-0.2, -0.15) is 0 Å². The lowest BCUT2D eigenvalue weighted by molar-refractivity contribution is 0.0930. The fraction of sp³-hybridized carbons (Fsp3) is 0.292. The number of benzene rings is 2. The van der Waals surface area contributed by atoms with E-state index in [1.54, 1.807) is 31.5 Å². The van der Waals surface area contributed by atoms with Crippen LogP contribution in [-0.4, -0.2) is 49.2 Å². The third-order valence-electron chi connectivity index (χ3n) is 5.72. The van der Waals surface area contributed by atoms with E-state index in [1.165, 1.54) is 0 Å². The van der Waals surface area contributed by atoms with E-state index in [1.807, 2.05) is 42.5 Å². The number of hydrogen-bond donors (Lipinski definition) is 1. The normalized spacial score (nSPS) is 14.8. The van der Waals surface area contributed by atoms with Crippen molar-refractivity contribution in [3.8, 4) is 11.4 Å². The number of anilines is 1. The van der Waals surface area contributed by atoms with Gasteiger partial charge in [-0.05, 0) is 37.1 Å². The lowest BCUT2D eigenvalue weighted by atomic mass is 10.0. The van der Waals surface area contributed by atoms with Crippen molar-refractivity contribution in [3.63, 3.8) is 0 Å². The largest absolute Gasteiger partial charge is 0.371 e. The number of amides is 1. The Kier molecular flexibility index (Phi) is 6.50. The molecule has 8 heteroatoms. The second-order valence-corrected chi connectivity index (χ2v) is 10.1. The van der Waals surface area contributed by atoms with Gasteiger partial charge in [-0.25, -0.2) is 18.4 Å². The first-order chi connectivity index (χ1) is 15.5. The van der Waals surface area contributed by atoms with Gasteiger partial charge in [0.05, 0.1) is 16.2 Å². The zero-order valence-corrected chi connectivity index (χ0v) is 18.8. The van der Waals surface area contributed by atoms with Crippen molar-refractivity contribution in [1.82, 2.24) is 15.3 Å². The maximum atomic E-state index is 12.6. The highest BCUT2D eigenvalue weighted by Crippen LogP contribution is 2.23. The van der Waals surface area contributed by atoms with Crippen molar-refractivity contribution in [2.24, 2.45) is 0 Å². The topological polar surface area (TPSA) is 92.3 Å². The molecule has 1 N–H and O–H groups in total. The molecule has 7 nitrogen and oxygen atoms in total. The van der Waals surface area contributed by atoms with Crippen LogP contribution in [0.1, 0.15) is 30.1 Å². The van der Waals surface area contributed by atoms with Gasteiger partial charge in [-0.3, -0.25) is 4.79 Å². The second-order valence-electron chi connectivity index (χ2n) is 7.79. The monoisotopic (exact) mass is 450 g/mol. The summed E-state index contributed by atoms with van der Waals surface area (Å²) in [5.74, 6) is 0.516. The quantitative estimate of drug-likeness (QED) is 0.619. The van der Waals surface area contributed by atoms with Crippen LogP contribution in [0.4, 0.5) is 5.69 Å². The van der Waals surface area contributed by atoms with Gasteiger partial charge in [0.1, 0.15) is 0 Å². The smallest absolute Gasteiger partial charge is 0.254 e. The van der Waals surface area contributed by atoms with E-state index in [-0.39, 0.29) is 17.7 Å². The molecule has 1 aromatic heterocycles. The summed E-state index contributed by atoms with van der Waals surface area (Å²) in [6.45, 7) is 3.22. The Labute approximate surface area is 188 Å². The number of nitrogens with one attached hydrogen (secondary N) is 1. The molecule has 1 amide bonds. The molecule has 3 aromatic rings. The van der Waals surface area contributed by atoms with Crippen LogP contribution in [0.25, 0.3) is 11.4 Å². The maximum Gasteiger partial charge on any atom is 0.254 e. The number of aromatic nitrogens is 2. The number of rotatable bonds is 6. The predicted octanol–water partition coefficient (Wildman–Crippen LogP) is 3.34. The molecule has 2 aromatic carbocycles. The molecule has 1 aliphatic rings. The molecule has 166 valence electrons. The second kappa shape index (κ2) is 9.48. The highest BCUT2D eigenvalue weighted by atomic mass is 32.2. The first kappa shape index (κ1) is 22.0. The average molecular weight is 451 g/mol. The Morgan fingerprint density at radius 1 is 1.00 bits per heavy atom. The zero-order chi connectivity index (χ0) is 22.6. The molecule has 0 unspecified atom stereocenters. The molecule has 1 saturated heterocycles. The Bertz CT molecular complexity index is 1160. The summed E-state index contributed by atoms with van der Waals surface area (Å²) in [5, 5.41) is 3.08. The van der Waals surface area contributed by atoms with Crippen molar-refractivity contribution >= 4 is 21.4 Å². The van der Waals surface area contributed by atoms with E-state index in [0.29, 0.717) is 16.3 Å². The molecule has 0 radical (unpaired) electrons. The Hall–Kier alpha value is -3.26. The van der Waals surface area contributed by atoms with Gasteiger partial charge in [0, 0.05) is 42.8 Å². The summed E-state index contributed by atoms with van der Waals surface area (Å²) in [6.07, 6.45) is 4.74. The average Bonchev–Trinajstić information content (AvgIpc) is 2.85. The molecule has 0 bridgehead atoms. The van der Waals surface area contributed by atoms with E-state index in [9.17, 15) is 13.2 Å². The van der Waals surface area contributed by atoms with Crippen LogP contribution in [0.3, 0.4) is 0 Å². The van der Waals surface area contributed by atoms with Gasteiger partial charge < -0.3 is 10.2 Å². The van der Waals surface area contributed by atoms with Gasteiger partial charge in [0.15, 0.2) is 15.7 Å². The van der Waals surface area contributed by atoms with Gasteiger partial charge in [0.2, 0.25) is 0 Å². The van der Waals surface area contributed by atoms with Crippen LogP contribution in [-0.2, 0) is 9.84 Å². The summed E-state index contributed by atoms with van der Waals surface area (Å²) in [4.78, 5) is 23.8. The first-order valence-corrected chi connectivity index (χ1v) is 12.4. The van der Waals surface area contributed by atoms with Crippen molar-refractivity contribution in [1.29, 1.82) is 0 Å². The van der Waals surface area contributed by atoms with Gasteiger partial charge in [-0.15, -0.1) is 0 Å². The number of piperidine rings is 1. The van der Waals surface area contributed by atoms with Gasteiger partial charge in [-0.1, -0.05) is 37.3 Å². The molecule has 0 spiro atoms. The predicted molar refractivity (Wildman–Crippen MR) is 124 cm³/mol. The van der Waals surface area contributed by atoms with Crippen LogP contribution in [0.5, 0.6) is 0 Å². The standard InChI is InChI=1S/C24H26N4O3S/c1-2-32(30,31)22-10-8-21(9-11-22)28-14-12-20(13-15-28)27-24(29)19-16-25-23(26-17-19)18-6-4-3-5-7-18/h3-11,16-17,20H,2,12-15H2,1H3,(H,27,29). The number of nitrogens with zero attached hydrogens (tertiary/aromatic N) is 3. The fourth-order valence-electron chi connectivity index (χ4n) is 3.76. The SMILES string of the molecule is CCS(=O)(=O)c1ccc(N2CCC(NC(=O)c3cnc(-c4ccccc4)nc3)CC2)cc1. The Morgan fingerprint density at radius 2 is 1.62 bits per heavy atom. The minimum atomic E-state index is -3.19. The fourth-order valence-corrected chi connectivity index (χ4v) is 4.65. The highest BCUT2D eigenvalue weighted by molar-refractivity contribution is 7.91. The molecule has 0 aliphatic carbocycles. The summed E-state index contributed by atoms with van der Waals surface area (Å²) >= 11 is 0. The molecule has 1 aliphatic heterocycles.